The molecule has 3 nitrogen and oxygen atoms in total. The Hall–Kier alpha value is -1.30. The summed E-state index contributed by atoms with van der Waals surface area (Å²) in [6, 6.07) is 1.92. The zero-order valence-electron chi connectivity index (χ0n) is 7.76. The lowest BCUT2D eigenvalue weighted by molar-refractivity contribution is -0.137. The van der Waals surface area contributed by atoms with E-state index in [-0.39, 0.29) is 5.82 Å². The number of hydrogen-bond donors (Lipinski definition) is 1. The van der Waals surface area contributed by atoms with Crippen molar-refractivity contribution in [2.75, 3.05) is 19.1 Å². The third-order valence-corrected chi connectivity index (χ3v) is 1.75. The summed E-state index contributed by atoms with van der Waals surface area (Å²) >= 11 is 0. The molecule has 0 aromatic carbocycles. The summed E-state index contributed by atoms with van der Waals surface area (Å²) in [6.45, 7) is 0. The maximum absolute atomic E-state index is 12.3. The molecule has 14 heavy (non-hydrogen) atoms. The van der Waals surface area contributed by atoms with E-state index in [4.69, 9.17) is 0 Å². The number of hydrazine groups is 1. The molecule has 0 aliphatic carbocycles. The van der Waals surface area contributed by atoms with Gasteiger partial charge in [-0.3, -0.25) is 5.01 Å². The maximum atomic E-state index is 12.3. The molecule has 0 radical (unpaired) electrons. The molecule has 1 aromatic heterocycles. The Bertz CT molecular complexity index is 311. The fourth-order valence-electron chi connectivity index (χ4n) is 0.893. The van der Waals surface area contributed by atoms with Gasteiger partial charge < -0.3 is 0 Å². The van der Waals surface area contributed by atoms with E-state index >= 15 is 0 Å². The first kappa shape index (κ1) is 10.8. The first-order valence-electron chi connectivity index (χ1n) is 3.89. The van der Waals surface area contributed by atoms with E-state index in [2.05, 4.69) is 10.4 Å². The number of rotatable bonds is 2. The lowest BCUT2D eigenvalue weighted by atomic mass is 10.2. The molecule has 0 unspecified atom stereocenters. The lowest BCUT2D eigenvalue weighted by Crippen LogP contribution is -2.31. The van der Waals surface area contributed by atoms with Crippen LogP contribution in [-0.2, 0) is 6.18 Å². The topological polar surface area (TPSA) is 28.2 Å². The average molecular weight is 205 g/mol. The Labute approximate surface area is 79.5 Å². The quantitative estimate of drug-likeness (QED) is 0.744. The van der Waals surface area contributed by atoms with E-state index < -0.39 is 11.7 Å². The Morgan fingerprint density at radius 1 is 1.43 bits per heavy atom. The van der Waals surface area contributed by atoms with Crippen LogP contribution in [0.2, 0.25) is 0 Å². The molecular weight excluding hydrogens is 195 g/mol. The molecular formula is C8H10F3N3. The summed E-state index contributed by atoms with van der Waals surface area (Å²) < 4.78 is 36.8. The van der Waals surface area contributed by atoms with Gasteiger partial charge in [-0.2, -0.15) is 13.2 Å². The van der Waals surface area contributed by atoms with Gasteiger partial charge in [-0.1, -0.05) is 0 Å². The molecule has 0 saturated carbocycles. The molecule has 0 aliphatic rings. The molecule has 1 rings (SSSR count). The monoisotopic (exact) mass is 205 g/mol. The normalized spacial score (nSPS) is 11.5. The predicted molar refractivity (Wildman–Crippen MR) is 46.7 cm³/mol. The Balaban J connectivity index is 3.01. The average Bonchev–Trinajstić information content (AvgIpc) is 2.15. The second kappa shape index (κ2) is 3.83. The minimum atomic E-state index is -4.33. The van der Waals surface area contributed by atoms with Crippen LogP contribution >= 0.6 is 0 Å². The van der Waals surface area contributed by atoms with Gasteiger partial charge in [0.2, 0.25) is 0 Å². The van der Waals surface area contributed by atoms with E-state index in [1.54, 1.807) is 14.1 Å². The number of halogens is 3. The van der Waals surface area contributed by atoms with Gasteiger partial charge in [0, 0.05) is 20.3 Å². The van der Waals surface area contributed by atoms with Crippen molar-refractivity contribution in [3.05, 3.63) is 23.9 Å². The molecule has 0 atom stereocenters. The van der Waals surface area contributed by atoms with E-state index in [1.165, 1.54) is 5.01 Å². The van der Waals surface area contributed by atoms with Crippen molar-refractivity contribution in [2.24, 2.45) is 0 Å². The fraction of sp³-hybridized carbons (Fsp3) is 0.375. The van der Waals surface area contributed by atoms with Crippen molar-refractivity contribution in [3.63, 3.8) is 0 Å². The van der Waals surface area contributed by atoms with Crippen LogP contribution < -0.4 is 10.4 Å². The van der Waals surface area contributed by atoms with Gasteiger partial charge in [0.1, 0.15) is 5.82 Å². The maximum Gasteiger partial charge on any atom is 0.416 e. The summed E-state index contributed by atoms with van der Waals surface area (Å²) in [7, 11) is 3.18. The fourth-order valence-corrected chi connectivity index (χ4v) is 0.893. The van der Waals surface area contributed by atoms with Gasteiger partial charge in [-0.25, -0.2) is 10.4 Å². The number of pyridine rings is 1. The van der Waals surface area contributed by atoms with Crippen LogP contribution in [0.4, 0.5) is 19.0 Å². The Morgan fingerprint density at radius 2 is 2.07 bits per heavy atom. The second-order valence-corrected chi connectivity index (χ2v) is 2.68. The molecule has 0 aliphatic heterocycles. The zero-order valence-corrected chi connectivity index (χ0v) is 7.76. The number of aromatic nitrogens is 1. The lowest BCUT2D eigenvalue weighted by Gasteiger charge is -2.17. The third kappa shape index (κ3) is 2.35. The van der Waals surface area contributed by atoms with E-state index in [0.717, 1.165) is 18.3 Å². The molecule has 0 saturated heterocycles. The van der Waals surface area contributed by atoms with Crippen molar-refractivity contribution >= 4 is 5.82 Å². The number of nitrogens with zero attached hydrogens (tertiary/aromatic N) is 2. The molecule has 78 valence electrons. The van der Waals surface area contributed by atoms with Crippen LogP contribution in [-0.4, -0.2) is 19.1 Å². The third-order valence-electron chi connectivity index (χ3n) is 1.75. The van der Waals surface area contributed by atoms with Crippen LogP contribution in [0.3, 0.4) is 0 Å². The minimum Gasteiger partial charge on any atom is -0.296 e. The SMILES string of the molecule is CNN(C)c1cc(C(F)(F)F)ccn1. The molecule has 0 spiro atoms. The zero-order chi connectivity index (χ0) is 10.8. The standard InChI is InChI=1S/C8H10F3N3/c1-12-14(2)7-5-6(3-4-13-7)8(9,10)11/h3-5,12H,1-2H3. The summed E-state index contributed by atoms with van der Waals surface area (Å²) in [5.74, 6) is 0.224. The van der Waals surface area contributed by atoms with Gasteiger partial charge in [0.15, 0.2) is 0 Å². The van der Waals surface area contributed by atoms with Crippen molar-refractivity contribution in [1.82, 2.24) is 10.4 Å². The molecule has 0 bridgehead atoms. The smallest absolute Gasteiger partial charge is 0.296 e. The van der Waals surface area contributed by atoms with E-state index in [9.17, 15) is 13.2 Å². The van der Waals surface area contributed by atoms with Crippen molar-refractivity contribution in [1.29, 1.82) is 0 Å². The first-order chi connectivity index (χ1) is 6.45. The highest BCUT2D eigenvalue weighted by atomic mass is 19.4. The Kier molecular flexibility index (Phi) is 2.95. The molecule has 0 fully saturated rings. The van der Waals surface area contributed by atoms with Crippen LogP contribution in [0.25, 0.3) is 0 Å². The predicted octanol–water partition coefficient (Wildman–Crippen LogP) is 1.67. The van der Waals surface area contributed by atoms with Crippen LogP contribution in [0, 0.1) is 0 Å². The number of alkyl halides is 3. The summed E-state index contributed by atoms with van der Waals surface area (Å²) in [6.07, 6.45) is -3.20. The van der Waals surface area contributed by atoms with Gasteiger partial charge in [0.25, 0.3) is 0 Å². The molecule has 6 heteroatoms. The second-order valence-electron chi connectivity index (χ2n) is 2.68. The van der Waals surface area contributed by atoms with Crippen LogP contribution in [0.15, 0.2) is 18.3 Å². The van der Waals surface area contributed by atoms with Crippen LogP contribution in [0.5, 0.6) is 0 Å². The Morgan fingerprint density at radius 3 is 2.57 bits per heavy atom. The highest BCUT2D eigenvalue weighted by molar-refractivity contribution is 5.39. The summed E-state index contributed by atoms with van der Waals surface area (Å²) in [5, 5.41) is 1.40. The number of anilines is 1. The van der Waals surface area contributed by atoms with Gasteiger partial charge in [-0.15, -0.1) is 0 Å². The number of hydrogen-bond acceptors (Lipinski definition) is 3. The van der Waals surface area contributed by atoms with Gasteiger partial charge in [-0.05, 0) is 12.1 Å². The van der Waals surface area contributed by atoms with Crippen molar-refractivity contribution < 1.29 is 13.2 Å². The minimum absolute atomic E-state index is 0.224. The van der Waals surface area contributed by atoms with Crippen molar-refractivity contribution in [3.8, 4) is 0 Å². The molecule has 1 N–H and O–H groups in total. The summed E-state index contributed by atoms with van der Waals surface area (Å²) in [4.78, 5) is 3.79. The first-order valence-corrected chi connectivity index (χ1v) is 3.89. The van der Waals surface area contributed by atoms with Gasteiger partial charge >= 0.3 is 6.18 Å². The highest BCUT2D eigenvalue weighted by Gasteiger charge is 2.30. The van der Waals surface area contributed by atoms with Gasteiger partial charge in [0.05, 0.1) is 5.56 Å². The van der Waals surface area contributed by atoms with Crippen molar-refractivity contribution in [2.45, 2.75) is 6.18 Å². The van der Waals surface area contributed by atoms with E-state index in [1.807, 2.05) is 0 Å². The molecule has 0 amide bonds. The largest absolute Gasteiger partial charge is 0.416 e. The molecule has 1 heterocycles. The van der Waals surface area contributed by atoms with E-state index in [0.29, 0.717) is 0 Å². The number of nitrogens with one attached hydrogen (secondary N) is 1. The summed E-state index contributed by atoms with van der Waals surface area (Å²) in [5.41, 5.74) is 1.96. The van der Waals surface area contributed by atoms with Crippen LogP contribution in [0.1, 0.15) is 5.56 Å². The molecule has 1 aromatic rings. The highest BCUT2D eigenvalue weighted by Crippen LogP contribution is 2.30.